The second kappa shape index (κ2) is 8.13. The Kier molecular flexibility index (Phi) is 7.78. The highest BCUT2D eigenvalue weighted by molar-refractivity contribution is 7.61. The molecule has 2 nitrogen and oxygen atoms in total. The molecule has 2 atom stereocenters. The first kappa shape index (κ1) is 25.8. The summed E-state index contributed by atoms with van der Waals surface area (Å²) >= 11 is 0. The first-order chi connectivity index (χ1) is 11.6. The van der Waals surface area contributed by atoms with E-state index in [0.717, 1.165) is 12.3 Å². The van der Waals surface area contributed by atoms with Crippen LogP contribution in [0.15, 0.2) is 0 Å². The summed E-state index contributed by atoms with van der Waals surface area (Å²) in [6, 6.07) is 0. The predicted octanol–water partition coefficient (Wildman–Crippen LogP) is 7.66. The molecule has 0 N–H and O–H groups in total. The predicted molar refractivity (Wildman–Crippen MR) is 126 cm³/mol. The van der Waals surface area contributed by atoms with E-state index in [1.54, 1.807) is 0 Å². The van der Waals surface area contributed by atoms with Crippen LogP contribution >= 0.6 is 15.8 Å². The zero-order chi connectivity index (χ0) is 21.6. The molecule has 162 valence electrons. The fraction of sp³-hybridized carbons (Fsp3) is 1.00. The summed E-state index contributed by atoms with van der Waals surface area (Å²) in [5, 5.41) is 1.25. The summed E-state index contributed by atoms with van der Waals surface area (Å²) in [5.74, 6) is -0.469. The van der Waals surface area contributed by atoms with Gasteiger partial charge < -0.3 is 9.47 Å². The molecule has 4 heteroatoms. The first-order valence-electron chi connectivity index (χ1n) is 10.6. The van der Waals surface area contributed by atoms with Gasteiger partial charge in [0, 0.05) is 0 Å². The molecule has 0 saturated carbocycles. The smallest absolute Gasteiger partial charge is 0.163 e. The summed E-state index contributed by atoms with van der Waals surface area (Å²) < 4.78 is 13.0. The summed E-state index contributed by atoms with van der Waals surface area (Å²) in [6.45, 7) is 33.0. The molecule has 1 heterocycles. The van der Waals surface area contributed by atoms with Gasteiger partial charge in [0.1, 0.15) is 0 Å². The fourth-order valence-electron chi connectivity index (χ4n) is 4.69. The number of rotatable bonds is 4. The standard InChI is InChI=1S/C23H48O2P2/c1-19(2,3)26(20(4,5)6)15-17-18(25-23(13,14)24-17)16-27(21(7,8)9)22(10,11)12/h17-18H,15-16H2,1-14H3/t17-,18-/m0/s1. The van der Waals surface area contributed by atoms with E-state index in [-0.39, 0.29) is 28.1 Å². The summed E-state index contributed by atoms with van der Waals surface area (Å²) in [5.41, 5.74) is 0. The quantitative estimate of drug-likeness (QED) is 0.436. The molecule has 0 aliphatic carbocycles. The van der Waals surface area contributed by atoms with Gasteiger partial charge in [0.2, 0.25) is 0 Å². The zero-order valence-corrected chi connectivity index (χ0v) is 22.6. The maximum Gasteiger partial charge on any atom is 0.163 e. The molecule has 1 rings (SSSR count). The van der Waals surface area contributed by atoms with Crippen LogP contribution in [0.25, 0.3) is 0 Å². The molecule has 0 amide bonds. The molecular weight excluding hydrogens is 370 g/mol. The van der Waals surface area contributed by atoms with Crippen molar-refractivity contribution in [1.82, 2.24) is 0 Å². The van der Waals surface area contributed by atoms with Crippen molar-refractivity contribution in [3.05, 3.63) is 0 Å². The minimum Gasteiger partial charge on any atom is -0.344 e. The first-order valence-corrected chi connectivity index (χ1v) is 13.6. The minimum atomic E-state index is -0.469. The van der Waals surface area contributed by atoms with Crippen LogP contribution < -0.4 is 0 Å². The third kappa shape index (κ3) is 7.51. The molecule has 1 aliphatic rings. The molecule has 1 aliphatic heterocycles. The van der Waals surface area contributed by atoms with E-state index in [9.17, 15) is 0 Å². The lowest BCUT2D eigenvalue weighted by Crippen LogP contribution is -2.38. The molecule has 0 aromatic carbocycles. The Morgan fingerprint density at radius 3 is 0.963 bits per heavy atom. The highest BCUT2D eigenvalue weighted by Gasteiger charge is 2.48. The van der Waals surface area contributed by atoms with Gasteiger partial charge in [-0.3, -0.25) is 0 Å². The van der Waals surface area contributed by atoms with E-state index in [1.165, 1.54) is 0 Å². The van der Waals surface area contributed by atoms with Crippen molar-refractivity contribution in [2.75, 3.05) is 12.3 Å². The lowest BCUT2D eigenvalue weighted by atomic mass is 10.2. The molecule has 0 radical (unpaired) electrons. The van der Waals surface area contributed by atoms with Crippen LogP contribution in [-0.4, -0.2) is 50.9 Å². The summed E-state index contributed by atoms with van der Waals surface area (Å²) in [4.78, 5) is 0. The van der Waals surface area contributed by atoms with Gasteiger partial charge in [0.15, 0.2) is 5.79 Å². The average molecular weight is 419 g/mol. The van der Waals surface area contributed by atoms with Crippen molar-refractivity contribution in [1.29, 1.82) is 0 Å². The van der Waals surface area contributed by atoms with Gasteiger partial charge in [0.05, 0.1) is 12.2 Å². The summed E-state index contributed by atoms with van der Waals surface area (Å²) in [7, 11) is -0.402. The average Bonchev–Trinajstić information content (AvgIpc) is 2.62. The van der Waals surface area contributed by atoms with E-state index < -0.39 is 5.79 Å². The third-order valence-electron chi connectivity index (χ3n) is 5.25. The molecule has 0 aromatic heterocycles. The van der Waals surface area contributed by atoms with Gasteiger partial charge in [0.25, 0.3) is 0 Å². The topological polar surface area (TPSA) is 18.5 Å². The van der Waals surface area contributed by atoms with Crippen molar-refractivity contribution in [3.8, 4) is 0 Å². The Morgan fingerprint density at radius 2 is 0.778 bits per heavy atom. The van der Waals surface area contributed by atoms with Gasteiger partial charge in [-0.05, 0) is 46.8 Å². The summed E-state index contributed by atoms with van der Waals surface area (Å²) in [6.07, 6.45) is 2.68. The number of hydrogen-bond donors (Lipinski definition) is 0. The van der Waals surface area contributed by atoms with Crippen LogP contribution in [0.4, 0.5) is 0 Å². The highest BCUT2D eigenvalue weighted by Crippen LogP contribution is 2.63. The Balaban J connectivity index is 3.14. The van der Waals surface area contributed by atoms with Crippen molar-refractivity contribution in [2.24, 2.45) is 0 Å². The van der Waals surface area contributed by atoms with Crippen molar-refractivity contribution >= 4 is 15.8 Å². The second-order valence-corrected chi connectivity index (χ2v) is 20.4. The SMILES string of the molecule is CC1(C)O[C@@H](CP(C(C)(C)C)C(C)(C)C)[C@H](CP(C(C)(C)C)C(C)(C)C)O1. The molecule has 1 saturated heterocycles. The van der Waals surface area contributed by atoms with E-state index in [2.05, 4.69) is 96.9 Å². The van der Waals surface area contributed by atoms with Crippen LogP contribution in [0.5, 0.6) is 0 Å². The fourth-order valence-corrected chi connectivity index (χ4v) is 12.2. The van der Waals surface area contributed by atoms with Crippen molar-refractivity contribution in [2.45, 2.75) is 136 Å². The zero-order valence-electron chi connectivity index (χ0n) is 20.8. The molecule has 1 fully saturated rings. The molecule has 0 unspecified atom stereocenters. The van der Waals surface area contributed by atoms with E-state index in [0.29, 0.717) is 20.6 Å². The normalized spacial score (nSPS) is 24.9. The van der Waals surface area contributed by atoms with Gasteiger partial charge in [-0.15, -0.1) is 0 Å². The van der Waals surface area contributed by atoms with Gasteiger partial charge in [-0.25, -0.2) is 0 Å². The van der Waals surface area contributed by atoms with Crippen LogP contribution in [0.3, 0.4) is 0 Å². The lowest BCUT2D eigenvalue weighted by Gasteiger charge is -2.45. The van der Waals surface area contributed by atoms with Crippen LogP contribution in [0.1, 0.15) is 96.9 Å². The molecule has 0 aromatic rings. The van der Waals surface area contributed by atoms with Crippen molar-refractivity contribution in [3.63, 3.8) is 0 Å². The Morgan fingerprint density at radius 1 is 0.556 bits per heavy atom. The minimum absolute atomic E-state index is 0.201. The van der Waals surface area contributed by atoms with Crippen LogP contribution in [0, 0.1) is 0 Å². The Bertz CT molecular complexity index is 414. The Hall–Kier alpha value is 0.780. The molecule has 27 heavy (non-hydrogen) atoms. The van der Waals surface area contributed by atoms with E-state index in [4.69, 9.17) is 9.47 Å². The van der Waals surface area contributed by atoms with Gasteiger partial charge in [-0.2, -0.15) is 0 Å². The maximum atomic E-state index is 6.51. The van der Waals surface area contributed by atoms with Gasteiger partial charge >= 0.3 is 0 Å². The van der Waals surface area contributed by atoms with E-state index in [1.807, 2.05) is 0 Å². The number of ether oxygens (including phenoxy) is 2. The molecule has 0 bridgehead atoms. The maximum absolute atomic E-state index is 6.51. The Labute approximate surface area is 173 Å². The molecule has 0 spiro atoms. The van der Waals surface area contributed by atoms with E-state index >= 15 is 0 Å². The largest absolute Gasteiger partial charge is 0.344 e. The highest BCUT2D eigenvalue weighted by atomic mass is 31.1. The lowest BCUT2D eigenvalue weighted by molar-refractivity contribution is -0.142. The third-order valence-corrected chi connectivity index (χ3v) is 13.2. The van der Waals surface area contributed by atoms with Crippen LogP contribution in [0.2, 0.25) is 0 Å². The van der Waals surface area contributed by atoms with Gasteiger partial charge in [-0.1, -0.05) is 98.9 Å². The van der Waals surface area contributed by atoms with Crippen LogP contribution in [-0.2, 0) is 9.47 Å². The molecular formula is C23H48O2P2. The van der Waals surface area contributed by atoms with Crippen molar-refractivity contribution < 1.29 is 9.47 Å². The number of hydrogen-bond acceptors (Lipinski definition) is 2. The monoisotopic (exact) mass is 418 g/mol. The second-order valence-electron chi connectivity index (χ2n) is 12.6.